The van der Waals surface area contributed by atoms with Crippen molar-refractivity contribution in [3.05, 3.63) is 98.7 Å². The minimum Gasteiger partial charge on any atom is -0.506 e. The molecule has 3 aromatic carbocycles. The average Bonchev–Trinajstić information content (AvgIpc) is 3.24. The lowest BCUT2D eigenvalue weighted by Crippen LogP contribution is -2.43. The van der Waals surface area contributed by atoms with Crippen molar-refractivity contribution < 1.29 is 14.6 Å². The summed E-state index contributed by atoms with van der Waals surface area (Å²) in [7, 11) is 1.59. The number of carbonyl (C=O) groups excluding carboxylic acids is 1. The maximum Gasteiger partial charge on any atom is 0.271 e. The van der Waals surface area contributed by atoms with Crippen LogP contribution in [0.15, 0.2) is 74.1 Å². The monoisotopic (exact) mass is 731 g/mol. The summed E-state index contributed by atoms with van der Waals surface area (Å²) in [5, 5.41) is 12.6. The van der Waals surface area contributed by atoms with E-state index in [0.717, 1.165) is 20.8 Å². The number of allylic oxidation sites excluding steroid dienone is 1. The van der Waals surface area contributed by atoms with Crippen molar-refractivity contribution in [3.63, 3.8) is 0 Å². The van der Waals surface area contributed by atoms with Crippen molar-refractivity contribution >= 4 is 72.6 Å². The molecule has 1 aromatic heterocycles. The molecule has 1 N–H and O–H groups in total. The van der Waals surface area contributed by atoms with E-state index in [9.17, 15) is 14.7 Å². The lowest BCUT2D eigenvalue weighted by Gasteiger charge is -2.30. The molecule has 1 amide bonds. The summed E-state index contributed by atoms with van der Waals surface area (Å²) in [6.07, 6.45) is 1.68. The fourth-order valence-corrected chi connectivity index (χ4v) is 7.71. The Morgan fingerprint density at radius 3 is 2.65 bits per heavy atom. The Morgan fingerprint density at radius 2 is 1.95 bits per heavy atom. The lowest BCUT2D eigenvalue weighted by molar-refractivity contribution is -0.127. The van der Waals surface area contributed by atoms with Gasteiger partial charge in [0.25, 0.3) is 11.5 Å². The number of halogens is 2. The number of likely N-dealkylation sites (N-methyl/N-ethyl adjacent to an activating group) is 1. The number of fused-ring (bicyclic) bond motifs is 2. The van der Waals surface area contributed by atoms with Gasteiger partial charge in [-0.05, 0) is 78.4 Å². The number of ether oxygens (including phenoxy) is 1. The van der Waals surface area contributed by atoms with Crippen LogP contribution in [0.2, 0.25) is 0 Å². The third kappa shape index (κ3) is 4.90. The largest absolute Gasteiger partial charge is 0.506 e. The molecule has 0 saturated heterocycles. The second kappa shape index (κ2) is 11.5. The van der Waals surface area contributed by atoms with E-state index in [4.69, 9.17) is 9.73 Å². The molecule has 0 aliphatic carbocycles. The zero-order valence-electron chi connectivity index (χ0n) is 22.4. The molecule has 1 aliphatic rings. The maximum atomic E-state index is 14.2. The van der Waals surface area contributed by atoms with E-state index in [2.05, 4.69) is 38.5 Å². The molecule has 0 unspecified atom stereocenters. The van der Waals surface area contributed by atoms with E-state index < -0.39 is 6.04 Å². The maximum absolute atomic E-state index is 14.2. The van der Waals surface area contributed by atoms with E-state index in [1.165, 1.54) is 11.3 Å². The Hall–Kier alpha value is -2.96. The lowest BCUT2D eigenvalue weighted by atomic mass is 9.90. The van der Waals surface area contributed by atoms with Gasteiger partial charge in [0, 0.05) is 28.7 Å². The predicted octanol–water partition coefficient (Wildman–Crippen LogP) is 5.34. The highest BCUT2D eigenvalue weighted by Crippen LogP contribution is 2.40. The fourth-order valence-electron chi connectivity index (χ4n) is 5.12. The number of thiazole rings is 1. The normalized spacial score (nSPS) is 15.2. The van der Waals surface area contributed by atoms with Gasteiger partial charge in [-0.25, -0.2) is 4.99 Å². The molecule has 206 valence electrons. The first kappa shape index (κ1) is 28.6. The van der Waals surface area contributed by atoms with Crippen molar-refractivity contribution in [2.75, 3.05) is 20.2 Å². The zero-order valence-corrected chi connectivity index (χ0v) is 26.9. The first-order chi connectivity index (χ1) is 19.2. The van der Waals surface area contributed by atoms with Gasteiger partial charge >= 0.3 is 0 Å². The highest BCUT2D eigenvalue weighted by Gasteiger charge is 2.36. The van der Waals surface area contributed by atoms with E-state index in [1.807, 2.05) is 57.2 Å². The quantitative estimate of drug-likeness (QED) is 0.272. The second-order valence-corrected chi connectivity index (χ2v) is 12.4. The van der Waals surface area contributed by atoms with E-state index >= 15 is 0 Å². The van der Waals surface area contributed by atoms with Crippen LogP contribution in [0.3, 0.4) is 0 Å². The van der Waals surface area contributed by atoms with Gasteiger partial charge in [0.15, 0.2) is 4.80 Å². The molecule has 1 aliphatic heterocycles. The van der Waals surface area contributed by atoms with Gasteiger partial charge in [-0.15, -0.1) is 0 Å². The van der Waals surface area contributed by atoms with Gasteiger partial charge in [-0.3, -0.25) is 14.2 Å². The summed E-state index contributed by atoms with van der Waals surface area (Å²) < 4.78 is 9.29. The van der Waals surface area contributed by atoms with Gasteiger partial charge in [-0.1, -0.05) is 57.6 Å². The summed E-state index contributed by atoms with van der Waals surface area (Å²) in [6.45, 7) is 6.74. The number of benzene rings is 3. The number of hydrogen-bond acceptors (Lipinski definition) is 6. The Bertz CT molecular complexity index is 1870. The van der Waals surface area contributed by atoms with Crippen LogP contribution in [-0.2, 0) is 4.79 Å². The number of phenolic OH excluding ortho intramolecular Hbond substituents is 1. The molecule has 1 atom stereocenters. The van der Waals surface area contributed by atoms with Crippen molar-refractivity contribution in [3.8, 4) is 11.5 Å². The molecule has 0 radical (unpaired) electrons. The van der Waals surface area contributed by atoms with Crippen LogP contribution in [-0.4, -0.2) is 40.7 Å². The Labute approximate surface area is 257 Å². The van der Waals surface area contributed by atoms with Crippen LogP contribution in [0.5, 0.6) is 11.5 Å². The molecule has 0 fully saturated rings. The summed E-state index contributed by atoms with van der Waals surface area (Å²) in [5.74, 6) is 0.507. The number of amides is 1. The Kier molecular flexibility index (Phi) is 8.21. The number of aromatic hydroxyl groups is 1. The van der Waals surface area contributed by atoms with Gasteiger partial charge in [0.2, 0.25) is 0 Å². The predicted molar refractivity (Wildman–Crippen MR) is 171 cm³/mol. The minimum absolute atomic E-state index is 0.0930. The first-order valence-electron chi connectivity index (χ1n) is 12.8. The van der Waals surface area contributed by atoms with Crippen molar-refractivity contribution in [2.24, 2.45) is 4.99 Å². The summed E-state index contributed by atoms with van der Waals surface area (Å²) in [6, 6.07) is 14.5. The SMILES string of the molecule is CCN(CC)C(=O)C1=C(C)N=c2s/c(=C/c3cc(Br)cc(I)c3O)c(=O)n2[C@@H]1c1c(OC)ccc2ccccc12. The van der Waals surface area contributed by atoms with Crippen LogP contribution >= 0.6 is 49.9 Å². The molecule has 40 heavy (non-hydrogen) atoms. The summed E-state index contributed by atoms with van der Waals surface area (Å²) in [4.78, 5) is 35.2. The van der Waals surface area contributed by atoms with Gasteiger partial charge in [0.1, 0.15) is 17.5 Å². The van der Waals surface area contributed by atoms with Gasteiger partial charge in [-0.2, -0.15) is 0 Å². The van der Waals surface area contributed by atoms with E-state index in [1.54, 1.807) is 34.8 Å². The number of phenols is 1. The van der Waals surface area contributed by atoms with E-state index in [-0.39, 0.29) is 17.2 Å². The van der Waals surface area contributed by atoms with Crippen molar-refractivity contribution in [1.29, 1.82) is 0 Å². The van der Waals surface area contributed by atoms with Crippen LogP contribution < -0.4 is 19.6 Å². The third-order valence-corrected chi connectivity index (χ3v) is 9.33. The van der Waals surface area contributed by atoms with Crippen molar-refractivity contribution in [1.82, 2.24) is 9.47 Å². The summed E-state index contributed by atoms with van der Waals surface area (Å²) in [5.41, 5.74) is 1.95. The number of rotatable bonds is 6. The fraction of sp³-hybridized carbons (Fsp3) is 0.233. The average molecular weight is 732 g/mol. The number of nitrogens with zero attached hydrogens (tertiary/aromatic N) is 3. The molecule has 5 rings (SSSR count). The van der Waals surface area contributed by atoms with Crippen LogP contribution in [0.4, 0.5) is 0 Å². The molecule has 0 spiro atoms. The Morgan fingerprint density at radius 1 is 1.23 bits per heavy atom. The molecule has 7 nitrogen and oxygen atoms in total. The zero-order chi connectivity index (χ0) is 28.7. The molecule has 0 bridgehead atoms. The number of methoxy groups -OCH3 is 1. The summed E-state index contributed by atoms with van der Waals surface area (Å²) >= 11 is 6.76. The van der Waals surface area contributed by atoms with Gasteiger partial charge < -0.3 is 14.7 Å². The molecular weight excluding hydrogens is 705 g/mol. The molecule has 10 heteroatoms. The topological polar surface area (TPSA) is 84.1 Å². The molecular formula is C30H27BrIN3O4S. The highest BCUT2D eigenvalue weighted by atomic mass is 127. The van der Waals surface area contributed by atoms with Crippen LogP contribution in [0, 0.1) is 3.57 Å². The minimum atomic E-state index is -0.760. The molecule has 0 saturated carbocycles. The second-order valence-electron chi connectivity index (χ2n) is 9.29. The molecule has 4 aromatic rings. The third-order valence-electron chi connectivity index (χ3n) is 7.07. The van der Waals surface area contributed by atoms with Crippen LogP contribution in [0.1, 0.15) is 37.9 Å². The van der Waals surface area contributed by atoms with E-state index in [0.29, 0.717) is 48.6 Å². The standard InChI is InChI=1S/C30H27BrIN3O4S/c1-5-34(6-2)29(38)24-16(3)33-30-35(26(24)25-20-10-8-7-9-17(20)11-12-22(25)39-4)28(37)23(40-30)14-18-13-19(31)15-21(32)27(18)36/h7-15,26,36H,5-6H2,1-4H3/b23-14+/t26-/m0/s1. The number of hydrogen-bond donors (Lipinski definition) is 1. The van der Waals surface area contributed by atoms with Crippen molar-refractivity contribution in [2.45, 2.75) is 26.8 Å². The first-order valence-corrected chi connectivity index (χ1v) is 15.4. The smallest absolute Gasteiger partial charge is 0.271 e. The molecule has 2 heterocycles. The number of aromatic nitrogens is 1. The number of carbonyl (C=O) groups is 1. The van der Waals surface area contributed by atoms with Gasteiger partial charge in [0.05, 0.1) is 26.5 Å². The van der Waals surface area contributed by atoms with Crippen LogP contribution in [0.25, 0.3) is 16.8 Å². The highest BCUT2D eigenvalue weighted by molar-refractivity contribution is 14.1. The Balaban J connectivity index is 1.87.